The standard InChI is InChI=1S/C18H16FN3O3/c19-15-9-5-4-8-14(15)17-21-16(25-22-17)10-11-20-18(23)24-12-13-6-2-1-3-7-13/h1-9H,10-12H2,(H,20,23). The highest BCUT2D eigenvalue weighted by molar-refractivity contribution is 5.67. The molecule has 0 atom stereocenters. The van der Waals surface area contributed by atoms with Crippen LogP contribution in [0.4, 0.5) is 9.18 Å². The summed E-state index contributed by atoms with van der Waals surface area (Å²) in [7, 11) is 0. The monoisotopic (exact) mass is 341 g/mol. The van der Waals surface area contributed by atoms with Crippen LogP contribution < -0.4 is 5.32 Å². The van der Waals surface area contributed by atoms with Crippen molar-refractivity contribution in [3.8, 4) is 11.4 Å². The number of nitrogens with one attached hydrogen (secondary N) is 1. The van der Waals surface area contributed by atoms with Crippen LogP contribution in [0.2, 0.25) is 0 Å². The summed E-state index contributed by atoms with van der Waals surface area (Å²) in [5.74, 6) is 0.0684. The molecule has 0 bridgehead atoms. The molecule has 1 N–H and O–H groups in total. The number of alkyl carbamates (subject to hydrolysis) is 1. The molecule has 0 aliphatic rings. The first kappa shape index (κ1) is 16.6. The van der Waals surface area contributed by atoms with Crippen LogP contribution in [0.15, 0.2) is 59.1 Å². The van der Waals surface area contributed by atoms with E-state index in [1.165, 1.54) is 6.07 Å². The minimum absolute atomic E-state index is 0.180. The van der Waals surface area contributed by atoms with E-state index in [4.69, 9.17) is 9.26 Å². The van der Waals surface area contributed by atoms with Gasteiger partial charge in [-0.2, -0.15) is 4.98 Å². The number of hydrogen-bond donors (Lipinski definition) is 1. The first-order chi connectivity index (χ1) is 12.2. The van der Waals surface area contributed by atoms with Crippen LogP contribution in [0, 0.1) is 5.82 Å². The zero-order chi connectivity index (χ0) is 17.5. The molecule has 0 aliphatic carbocycles. The molecule has 0 saturated carbocycles. The maximum absolute atomic E-state index is 13.7. The molecule has 2 aromatic carbocycles. The number of amides is 1. The number of nitrogens with zero attached hydrogens (tertiary/aromatic N) is 2. The summed E-state index contributed by atoms with van der Waals surface area (Å²) in [5, 5.41) is 6.35. The number of hydrogen-bond acceptors (Lipinski definition) is 5. The fraction of sp³-hybridized carbons (Fsp3) is 0.167. The first-order valence-corrected chi connectivity index (χ1v) is 7.74. The lowest BCUT2D eigenvalue weighted by Gasteiger charge is -2.05. The molecule has 1 heterocycles. The number of halogens is 1. The minimum Gasteiger partial charge on any atom is -0.445 e. The van der Waals surface area contributed by atoms with Gasteiger partial charge in [0.2, 0.25) is 11.7 Å². The number of rotatable bonds is 6. The Morgan fingerprint density at radius 1 is 1.12 bits per heavy atom. The smallest absolute Gasteiger partial charge is 0.407 e. The number of carbonyl (C=O) groups excluding carboxylic acids is 1. The molecule has 3 rings (SSSR count). The molecule has 3 aromatic rings. The van der Waals surface area contributed by atoms with Crippen LogP contribution in [0.1, 0.15) is 11.5 Å². The Morgan fingerprint density at radius 3 is 2.68 bits per heavy atom. The van der Waals surface area contributed by atoms with E-state index in [0.29, 0.717) is 12.3 Å². The average molecular weight is 341 g/mol. The van der Waals surface area contributed by atoms with Gasteiger partial charge in [0.25, 0.3) is 0 Å². The second kappa shape index (κ2) is 8.05. The summed E-state index contributed by atoms with van der Waals surface area (Å²) in [6.45, 7) is 0.469. The van der Waals surface area contributed by atoms with Gasteiger partial charge in [-0.15, -0.1) is 0 Å². The highest BCUT2D eigenvalue weighted by Crippen LogP contribution is 2.19. The average Bonchev–Trinajstić information content (AvgIpc) is 3.10. The normalized spacial score (nSPS) is 10.4. The quantitative estimate of drug-likeness (QED) is 0.744. The van der Waals surface area contributed by atoms with Gasteiger partial charge in [0, 0.05) is 13.0 Å². The molecule has 0 saturated heterocycles. The third-order valence-electron chi connectivity index (χ3n) is 3.40. The Morgan fingerprint density at radius 2 is 1.88 bits per heavy atom. The van der Waals surface area contributed by atoms with Crippen molar-refractivity contribution in [2.75, 3.05) is 6.54 Å². The van der Waals surface area contributed by atoms with Crippen molar-refractivity contribution in [3.05, 3.63) is 71.9 Å². The van der Waals surface area contributed by atoms with Gasteiger partial charge in [-0.3, -0.25) is 0 Å². The zero-order valence-corrected chi connectivity index (χ0v) is 13.3. The second-order valence-electron chi connectivity index (χ2n) is 5.23. The van der Waals surface area contributed by atoms with E-state index in [0.717, 1.165) is 5.56 Å². The van der Waals surface area contributed by atoms with Gasteiger partial charge in [-0.1, -0.05) is 47.6 Å². The third-order valence-corrected chi connectivity index (χ3v) is 3.40. The van der Waals surface area contributed by atoms with Gasteiger partial charge in [-0.25, -0.2) is 9.18 Å². The Bertz CT molecular complexity index is 836. The first-order valence-electron chi connectivity index (χ1n) is 7.74. The van der Waals surface area contributed by atoms with Crippen molar-refractivity contribution in [3.63, 3.8) is 0 Å². The van der Waals surface area contributed by atoms with Gasteiger partial charge in [-0.05, 0) is 17.7 Å². The maximum atomic E-state index is 13.7. The van der Waals surface area contributed by atoms with Gasteiger partial charge in [0.1, 0.15) is 12.4 Å². The van der Waals surface area contributed by atoms with Crippen LogP contribution in [0.5, 0.6) is 0 Å². The van der Waals surface area contributed by atoms with Gasteiger partial charge in [0.15, 0.2) is 0 Å². The maximum Gasteiger partial charge on any atom is 0.407 e. The number of ether oxygens (including phenoxy) is 1. The Balaban J connectivity index is 1.45. The van der Waals surface area contributed by atoms with Crippen molar-refractivity contribution < 1.29 is 18.4 Å². The van der Waals surface area contributed by atoms with Gasteiger partial charge in [0.05, 0.1) is 5.56 Å². The Hall–Kier alpha value is -3.22. The summed E-state index contributed by atoms with van der Waals surface area (Å²) in [4.78, 5) is 15.8. The van der Waals surface area contributed by atoms with E-state index in [-0.39, 0.29) is 24.5 Å². The molecule has 0 aliphatic heterocycles. The predicted octanol–water partition coefficient (Wildman–Crippen LogP) is 3.34. The fourth-order valence-corrected chi connectivity index (χ4v) is 2.15. The third kappa shape index (κ3) is 4.63. The van der Waals surface area contributed by atoms with Crippen molar-refractivity contribution >= 4 is 6.09 Å². The molecule has 0 unspecified atom stereocenters. The van der Waals surface area contributed by atoms with E-state index in [1.54, 1.807) is 18.2 Å². The van der Waals surface area contributed by atoms with Crippen molar-refractivity contribution in [1.29, 1.82) is 0 Å². The van der Waals surface area contributed by atoms with Crippen LogP contribution in [-0.2, 0) is 17.8 Å². The van der Waals surface area contributed by atoms with E-state index >= 15 is 0 Å². The fourth-order valence-electron chi connectivity index (χ4n) is 2.15. The van der Waals surface area contributed by atoms with E-state index in [9.17, 15) is 9.18 Å². The zero-order valence-electron chi connectivity index (χ0n) is 13.3. The van der Waals surface area contributed by atoms with Crippen LogP contribution >= 0.6 is 0 Å². The molecule has 0 fully saturated rings. The number of benzene rings is 2. The van der Waals surface area contributed by atoms with Crippen molar-refractivity contribution in [2.24, 2.45) is 0 Å². The topological polar surface area (TPSA) is 77.3 Å². The lowest BCUT2D eigenvalue weighted by atomic mass is 10.2. The highest BCUT2D eigenvalue weighted by atomic mass is 19.1. The van der Waals surface area contributed by atoms with Crippen LogP contribution in [0.25, 0.3) is 11.4 Å². The number of carbonyl (C=O) groups is 1. The summed E-state index contributed by atoms with van der Waals surface area (Å²) in [5.41, 5.74) is 1.18. The second-order valence-corrected chi connectivity index (χ2v) is 5.23. The van der Waals surface area contributed by atoms with Crippen LogP contribution in [-0.4, -0.2) is 22.8 Å². The SMILES string of the molecule is O=C(NCCc1nc(-c2ccccc2F)no1)OCc1ccccc1. The molecule has 1 aromatic heterocycles. The van der Waals surface area contributed by atoms with E-state index < -0.39 is 11.9 Å². The van der Waals surface area contributed by atoms with Gasteiger partial charge >= 0.3 is 6.09 Å². The largest absolute Gasteiger partial charge is 0.445 e. The summed E-state index contributed by atoms with van der Waals surface area (Å²) in [6.07, 6.45) is -0.209. The van der Waals surface area contributed by atoms with Gasteiger partial charge < -0.3 is 14.6 Å². The summed E-state index contributed by atoms with van der Waals surface area (Å²) < 4.78 is 23.8. The molecule has 0 radical (unpaired) electrons. The molecular formula is C18H16FN3O3. The molecule has 1 amide bonds. The highest BCUT2D eigenvalue weighted by Gasteiger charge is 2.12. The predicted molar refractivity (Wildman–Crippen MR) is 88.0 cm³/mol. The molecular weight excluding hydrogens is 325 g/mol. The summed E-state index contributed by atoms with van der Waals surface area (Å²) >= 11 is 0. The van der Waals surface area contributed by atoms with Crippen molar-refractivity contribution in [1.82, 2.24) is 15.5 Å². The summed E-state index contributed by atoms with van der Waals surface area (Å²) in [6, 6.07) is 15.6. The molecule has 25 heavy (non-hydrogen) atoms. The van der Waals surface area contributed by atoms with E-state index in [2.05, 4.69) is 15.5 Å². The Labute approximate surface area is 143 Å². The molecule has 7 heteroatoms. The lowest BCUT2D eigenvalue weighted by Crippen LogP contribution is -2.26. The Kier molecular flexibility index (Phi) is 5.36. The van der Waals surface area contributed by atoms with Crippen molar-refractivity contribution in [2.45, 2.75) is 13.0 Å². The molecule has 6 nitrogen and oxygen atoms in total. The van der Waals surface area contributed by atoms with E-state index in [1.807, 2.05) is 30.3 Å². The molecule has 128 valence electrons. The number of aromatic nitrogens is 2. The molecule has 0 spiro atoms. The minimum atomic E-state index is -0.530. The lowest BCUT2D eigenvalue weighted by molar-refractivity contribution is 0.139. The van der Waals surface area contributed by atoms with Crippen LogP contribution in [0.3, 0.4) is 0 Å².